The van der Waals surface area contributed by atoms with Gasteiger partial charge in [0.25, 0.3) is 0 Å². The Hall–Kier alpha value is -2.80. The smallest absolute Gasteiger partial charge is 0.129 e. The van der Waals surface area contributed by atoms with Gasteiger partial charge in [0.15, 0.2) is 0 Å². The summed E-state index contributed by atoms with van der Waals surface area (Å²) in [6.45, 7) is 12.3. The number of hydrogen-bond acceptors (Lipinski definition) is 1. The Morgan fingerprint density at radius 3 is 1.89 bits per heavy atom. The number of hydrogen-bond donors (Lipinski definition) is 0. The molecule has 1 heteroatoms. The second kappa shape index (κ2) is 8.06. The Balaban J connectivity index is 0.000000531. The molecule has 0 aromatic heterocycles. The second-order valence-electron chi connectivity index (χ2n) is 7.02. The predicted octanol–water partition coefficient (Wildman–Crippen LogP) is 8.34. The van der Waals surface area contributed by atoms with Crippen LogP contribution < -0.4 is 4.74 Å². The highest BCUT2D eigenvalue weighted by Crippen LogP contribution is 2.49. The zero-order chi connectivity index (χ0) is 20.3. The molecular formula is C27H30O. The summed E-state index contributed by atoms with van der Waals surface area (Å²) in [6.07, 6.45) is 0. The maximum atomic E-state index is 6.40. The summed E-state index contributed by atoms with van der Waals surface area (Å²) in [5.74, 6) is 0.975. The van der Waals surface area contributed by atoms with Crippen molar-refractivity contribution in [3.05, 3.63) is 78.4 Å². The first-order valence-corrected chi connectivity index (χ1v) is 10.4. The lowest BCUT2D eigenvalue weighted by atomic mass is 9.82. The van der Waals surface area contributed by atoms with Gasteiger partial charge in [-0.25, -0.2) is 0 Å². The number of benzene rings is 4. The summed E-state index contributed by atoms with van der Waals surface area (Å²) >= 11 is 0. The van der Waals surface area contributed by atoms with Gasteiger partial charge in [0.2, 0.25) is 0 Å². The molecule has 0 radical (unpaired) electrons. The zero-order valence-electron chi connectivity index (χ0n) is 17.8. The fourth-order valence-electron chi connectivity index (χ4n) is 3.89. The van der Waals surface area contributed by atoms with E-state index in [0.29, 0.717) is 0 Å². The van der Waals surface area contributed by atoms with Gasteiger partial charge in [0.05, 0.1) is 0 Å². The minimum Gasteiger partial charge on any atom is -0.482 e. The van der Waals surface area contributed by atoms with Crippen molar-refractivity contribution >= 4 is 21.5 Å². The van der Waals surface area contributed by atoms with Crippen molar-refractivity contribution in [3.8, 4) is 16.9 Å². The summed E-state index contributed by atoms with van der Waals surface area (Å²) in [4.78, 5) is 0. The summed E-state index contributed by atoms with van der Waals surface area (Å²) in [5.41, 5.74) is 3.42. The average molecular weight is 371 g/mol. The van der Waals surface area contributed by atoms with E-state index in [-0.39, 0.29) is 5.60 Å². The molecule has 0 spiro atoms. The van der Waals surface area contributed by atoms with Gasteiger partial charge in [0, 0.05) is 16.7 Å². The monoisotopic (exact) mass is 370 g/mol. The fraction of sp³-hybridized carbons (Fsp3) is 0.259. The Morgan fingerprint density at radius 2 is 1.21 bits per heavy atom. The first kappa shape index (κ1) is 19.9. The van der Waals surface area contributed by atoms with Crippen molar-refractivity contribution in [2.75, 3.05) is 0 Å². The van der Waals surface area contributed by atoms with Gasteiger partial charge in [-0.3, -0.25) is 0 Å². The largest absolute Gasteiger partial charge is 0.482 e. The quantitative estimate of drug-likeness (QED) is 0.302. The lowest BCUT2D eigenvalue weighted by molar-refractivity contribution is 0.106. The van der Waals surface area contributed by atoms with E-state index in [0.717, 1.165) is 5.75 Å². The Bertz CT molecular complexity index is 1110. The highest BCUT2D eigenvalue weighted by atomic mass is 16.5. The van der Waals surface area contributed by atoms with Gasteiger partial charge in [0.1, 0.15) is 11.4 Å². The molecule has 0 aliphatic carbocycles. The first-order chi connectivity index (χ1) is 13.6. The average Bonchev–Trinajstić information content (AvgIpc) is 2.74. The van der Waals surface area contributed by atoms with Gasteiger partial charge in [-0.2, -0.15) is 0 Å². The van der Waals surface area contributed by atoms with Crippen LogP contribution in [0.5, 0.6) is 5.75 Å². The summed E-state index contributed by atoms with van der Waals surface area (Å²) in [7, 11) is 0. The van der Waals surface area contributed by atoms with Gasteiger partial charge in [-0.05, 0) is 47.5 Å². The zero-order valence-corrected chi connectivity index (χ0v) is 17.8. The van der Waals surface area contributed by atoms with Crippen LogP contribution in [0.25, 0.3) is 32.7 Å². The van der Waals surface area contributed by atoms with Crippen molar-refractivity contribution in [1.82, 2.24) is 0 Å². The van der Waals surface area contributed by atoms with Crippen molar-refractivity contribution < 1.29 is 4.74 Å². The lowest BCUT2D eigenvalue weighted by Gasteiger charge is -2.36. The second-order valence-corrected chi connectivity index (χ2v) is 7.02. The van der Waals surface area contributed by atoms with Crippen LogP contribution in [0.15, 0.2) is 72.8 Å². The van der Waals surface area contributed by atoms with Crippen LogP contribution in [-0.2, 0) is 5.60 Å². The van der Waals surface area contributed by atoms with Gasteiger partial charge >= 0.3 is 0 Å². The fourth-order valence-corrected chi connectivity index (χ4v) is 3.89. The van der Waals surface area contributed by atoms with E-state index in [1.54, 1.807) is 0 Å². The Labute approximate surface area is 169 Å². The molecule has 0 atom stereocenters. The van der Waals surface area contributed by atoms with Crippen LogP contribution in [0.2, 0.25) is 0 Å². The van der Waals surface area contributed by atoms with E-state index in [1.807, 2.05) is 27.7 Å². The molecule has 0 unspecified atom stereocenters. The van der Waals surface area contributed by atoms with Crippen LogP contribution in [0, 0.1) is 0 Å². The highest BCUT2D eigenvalue weighted by Gasteiger charge is 2.33. The van der Waals surface area contributed by atoms with E-state index in [2.05, 4.69) is 86.6 Å². The van der Waals surface area contributed by atoms with Crippen LogP contribution in [-0.4, -0.2) is 0 Å². The van der Waals surface area contributed by atoms with Gasteiger partial charge in [-0.1, -0.05) is 88.4 Å². The summed E-state index contributed by atoms with van der Waals surface area (Å²) in [5, 5.41) is 5.03. The molecule has 0 amide bonds. The number of rotatable bonds is 0. The minimum atomic E-state index is -0.338. The SMILES string of the molecule is CC.CC.CC1(C)Oc2cc3ccccc3cc2-c2c1ccc1ccccc21. The molecule has 144 valence electrons. The van der Waals surface area contributed by atoms with Crippen LogP contribution >= 0.6 is 0 Å². The van der Waals surface area contributed by atoms with E-state index < -0.39 is 0 Å². The topological polar surface area (TPSA) is 9.23 Å². The maximum Gasteiger partial charge on any atom is 0.129 e. The third-order valence-corrected chi connectivity index (χ3v) is 5.06. The standard InChI is InChI=1S/C23H18O.2C2H6/c1-23(2)20-12-11-15-7-5-6-10-18(15)22(20)19-13-16-8-3-4-9-17(16)14-21(19)24-23;2*1-2/h3-14H,1-2H3;2*1-2H3. The van der Waals surface area contributed by atoms with Gasteiger partial charge < -0.3 is 4.74 Å². The van der Waals surface area contributed by atoms with Crippen LogP contribution in [0.3, 0.4) is 0 Å². The van der Waals surface area contributed by atoms with Crippen LogP contribution in [0.1, 0.15) is 47.1 Å². The van der Waals surface area contributed by atoms with Crippen molar-refractivity contribution in [2.24, 2.45) is 0 Å². The van der Waals surface area contributed by atoms with Crippen molar-refractivity contribution in [2.45, 2.75) is 47.1 Å². The van der Waals surface area contributed by atoms with E-state index in [9.17, 15) is 0 Å². The number of fused-ring (bicyclic) bond motifs is 6. The third kappa shape index (κ3) is 3.26. The Morgan fingerprint density at radius 1 is 0.643 bits per heavy atom. The van der Waals surface area contributed by atoms with Crippen LogP contribution in [0.4, 0.5) is 0 Å². The molecule has 0 saturated heterocycles. The molecule has 0 N–H and O–H groups in total. The predicted molar refractivity (Wildman–Crippen MR) is 123 cm³/mol. The Kier molecular flexibility index (Phi) is 5.74. The molecule has 4 aromatic rings. The van der Waals surface area contributed by atoms with Gasteiger partial charge in [-0.15, -0.1) is 0 Å². The van der Waals surface area contributed by atoms with Crippen molar-refractivity contribution in [1.29, 1.82) is 0 Å². The maximum absolute atomic E-state index is 6.40. The van der Waals surface area contributed by atoms with E-state index >= 15 is 0 Å². The van der Waals surface area contributed by atoms with E-state index in [1.165, 1.54) is 38.2 Å². The molecule has 0 bridgehead atoms. The molecule has 5 rings (SSSR count). The normalized spacial score (nSPS) is 13.2. The molecule has 1 nitrogen and oxygen atoms in total. The molecule has 0 saturated carbocycles. The molecule has 1 aliphatic heterocycles. The molecule has 0 fully saturated rings. The first-order valence-electron chi connectivity index (χ1n) is 10.4. The van der Waals surface area contributed by atoms with Crippen molar-refractivity contribution in [3.63, 3.8) is 0 Å². The molecular weight excluding hydrogens is 340 g/mol. The van der Waals surface area contributed by atoms with E-state index in [4.69, 9.17) is 4.74 Å². The summed E-state index contributed by atoms with van der Waals surface area (Å²) in [6, 6.07) is 26.0. The molecule has 28 heavy (non-hydrogen) atoms. The highest BCUT2D eigenvalue weighted by molar-refractivity contribution is 6.03. The number of ether oxygens (including phenoxy) is 1. The molecule has 4 aromatic carbocycles. The summed E-state index contributed by atoms with van der Waals surface area (Å²) < 4.78 is 6.40. The molecule has 1 aliphatic rings. The molecule has 1 heterocycles. The lowest BCUT2D eigenvalue weighted by Crippen LogP contribution is -2.29. The third-order valence-electron chi connectivity index (χ3n) is 5.06. The minimum absolute atomic E-state index is 0.338.